The third-order valence-corrected chi connectivity index (χ3v) is 4.65. The maximum Gasteiger partial charge on any atom is 0.196 e. The summed E-state index contributed by atoms with van der Waals surface area (Å²) in [5, 5.41) is 7.07. The first-order valence-corrected chi connectivity index (χ1v) is 8.67. The molecule has 0 atom stereocenters. The fraction of sp³-hybridized carbons (Fsp3) is 0.312. The summed E-state index contributed by atoms with van der Waals surface area (Å²) >= 11 is 0. The maximum atomic E-state index is 12.3. The van der Waals surface area contributed by atoms with Crippen LogP contribution in [0.25, 0.3) is 0 Å². The first-order valence-electron chi connectivity index (χ1n) is 7.02. The molecule has 0 amide bonds. The molecular formula is C16H19N3O3S. The quantitative estimate of drug-likeness (QED) is 0.818. The van der Waals surface area contributed by atoms with Gasteiger partial charge in [-0.2, -0.15) is 5.10 Å². The lowest BCUT2D eigenvalue weighted by atomic mass is 10.3. The fourth-order valence-corrected chi connectivity index (χ4v) is 3.03. The van der Waals surface area contributed by atoms with Crippen LogP contribution >= 0.6 is 0 Å². The molecule has 0 unspecified atom stereocenters. The van der Waals surface area contributed by atoms with Gasteiger partial charge in [0.05, 0.1) is 16.3 Å². The van der Waals surface area contributed by atoms with Crippen molar-refractivity contribution in [1.82, 2.24) is 9.78 Å². The molecule has 0 saturated heterocycles. The Bertz CT molecular complexity index is 828. The minimum atomic E-state index is -3.44. The smallest absolute Gasteiger partial charge is 0.196 e. The van der Waals surface area contributed by atoms with Crippen LogP contribution in [0.2, 0.25) is 0 Å². The van der Waals surface area contributed by atoms with Crippen molar-refractivity contribution in [3.63, 3.8) is 0 Å². The maximum absolute atomic E-state index is 12.3. The molecule has 1 aromatic carbocycles. The molecule has 2 rings (SSSR count). The van der Waals surface area contributed by atoms with E-state index in [-0.39, 0.29) is 17.4 Å². The Morgan fingerprint density at radius 2 is 2.00 bits per heavy atom. The van der Waals surface area contributed by atoms with Crippen molar-refractivity contribution in [2.75, 3.05) is 17.8 Å². The van der Waals surface area contributed by atoms with Crippen LogP contribution < -0.4 is 10.1 Å². The summed E-state index contributed by atoms with van der Waals surface area (Å²) in [6.07, 6.45) is 1.75. The molecule has 1 heterocycles. The van der Waals surface area contributed by atoms with Crippen molar-refractivity contribution < 1.29 is 13.2 Å². The van der Waals surface area contributed by atoms with E-state index in [1.165, 1.54) is 12.1 Å². The number of nitrogens with zero attached hydrogens (tertiary/aromatic N) is 2. The van der Waals surface area contributed by atoms with Gasteiger partial charge < -0.3 is 10.1 Å². The Morgan fingerprint density at radius 3 is 2.57 bits per heavy atom. The summed E-state index contributed by atoms with van der Waals surface area (Å²) in [5.74, 6) is 5.90. The second-order valence-corrected chi connectivity index (χ2v) is 6.91. The summed E-state index contributed by atoms with van der Waals surface area (Å²) < 4.78 is 31.7. The molecule has 0 aliphatic heterocycles. The van der Waals surface area contributed by atoms with E-state index in [0.717, 1.165) is 5.69 Å². The van der Waals surface area contributed by atoms with E-state index in [2.05, 4.69) is 22.3 Å². The highest BCUT2D eigenvalue weighted by molar-refractivity contribution is 7.91. The van der Waals surface area contributed by atoms with Crippen molar-refractivity contribution in [2.24, 2.45) is 7.05 Å². The van der Waals surface area contributed by atoms with Gasteiger partial charge in [0, 0.05) is 13.2 Å². The zero-order chi connectivity index (χ0) is 16.9. The monoisotopic (exact) mass is 333 g/mol. The van der Waals surface area contributed by atoms with Crippen LogP contribution in [-0.4, -0.2) is 30.7 Å². The van der Waals surface area contributed by atoms with E-state index >= 15 is 0 Å². The first-order chi connectivity index (χ1) is 10.9. The van der Waals surface area contributed by atoms with Crippen molar-refractivity contribution in [1.29, 1.82) is 0 Å². The van der Waals surface area contributed by atoms with Crippen LogP contribution in [-0.2, 0) is 16.9 Å². The topological polar surface area (TPSA) is 73.2 Å². The highest BCUT2D eigenvalue weighted by Crippen LogP contribution is 2.18. The molecule has 0 spiro atoms. The van der Waals surface area contributed by atoms with Gasteiger partial charge in [-0.05, 0) is 38.1 Å². The lowest BCUT2D eigenvalue weighted by Gasteiger charge is -2.08. The van der Waals surface area contributed by atoms with Gasteiger partial charge in [0.25, 0.3) is 0 Å². The summed E-state index contributed by atoms with van der Waals surface area (Å²) in [6, 6.07) is 6.31. The largest absolute Gasteiger partial charge is 0.481 e. The SMILES string of the molecule is CC#CCOc1ccc(S(=O)(=O)CNc2cn(C)nc2C)cc1. The molecule has 0 aliphatic rings. The zero-order valence-corrected chi connectivity index (χ0v) is 14.1. The molecule has 0 bridgehead atoms. The second-order valence-electron chi connectivity index (χ2n) is 4.92. The van der Waals surface area contributed by atoms with Gasteiger partial charge in [-0.25, -0.2) is 8.42 Å². The Labute approximate surface area is 136 Å². The number of aryl methyl sites for hydroxylation is 2. The molecular weight excluding hydrogens is 314 g/mol. The molecule has 0 fully saturated rings. The summed E-state index contributed by atoms with van der Waals surface area (Å²) in [4.78, 5) is 0.237. The molecule has 2 aromatic rings. The molecule has 23 heavy (non-hydrogen) atoms. The number of nitrogens with one attached hydrogen (secondary N) is 1. The molecule has 0 radical (unpaired) electrons. The molecule has 0 saturated carbocycles. The predicted molar refractivity (Wildman–Crippen MR) is 89.0 cm³/mol. The standard InChI is InChI=1S/C16H19N3O3S/c1-4-5-10-22-14-6-8-15(9-7-14)23(20,21)12-17-16-11-19(3)18-13(16)2/h6-9,11,17H,10,12H2,1-3H3. The number of rotatable bonds is 6. The second kappa shape index (κ2) is 7.20. The predicted octanol–water partition coefficient (Wildman–Crippen LogP) is 1.97. The van der Waals surface area contributed by atoms with Crippen molar-refractivity contribution in [3.8, 4) is 17.6 Å². The Kier molecular flexibility index (Phi) is 5.29. The van der Waals surface area contributed by atoms with E-state index in [1.807, 2.05) is 6.92 Å². The summed E-state index contributed by atoms with van der Waals surface area (Å²) in [7, 11) is -1.65. The number of hydrogen-bond donors (Lipinski definition) is 1. The number of hydrogen-bond acceptors (Lipinski definition) is 5. The van der Waals surface area contributed by atoms with Gasteiger partial charge in [-0.15, -0.1) is 5.92 Å². The minimum absolute atomic E-state index is 0.193. The molecule has 0 aliphatic carbocycles. The van der Waals surface area contributed by atoms with Crippen LogP contribution in [0.5, 0.6) is 5.75 Å². The van der Waals surface area contributed by atoms with Gasteiger partial charge in [-0.3, -0.25) is 4.68 Å². The first kappa shape index (κ1) is 16.9. The van der Waals surface area contributed by atoms with Crippen molar-refractivity contribution >= 4 is 15.5 Å². The molecule has 1 N–H and O–H groups in total. The third kappa shape index (κ3) is 4.50. The van der Waals surface area contributed by atoms with Crippen molar-refractivity contribution in [2.45, 2.75) is 18.7 Å². The van der Waals surface area contributed by atoms with E-state index in [4.69, 9.17) is 4.74 Å². The highest BCUT2D eigenvalue weighted by atomic mass is 32.2. The summed E-state index contributed by atoms with van der Waals surface area (Å²) in [5.41, 5.74) is 1.46. The molecule has 7 heteroatoms. The normalized spacial score (nSPS) is 10.7. The minimum Gasteiger partial charge on any atom is -0.481 e. The number of anilines is 1. The Balaban J connectivity index is 2.03. The molecule has 6 nitrogen and oxygen atoms in total. The van der Waals surface area contributed by atoms with Crippen LogP contribution in [0, 0.1) is 18.8 Å². The van der Waals surface area contributed by atoms with Crippen LogP contribution in [0.3, 0.4) is 0 Å². The van der Waals surface area contributed by atoms with E-state index in [1.54, 1.807) is 37.0 Å². The molecule has 1 aromatic heterocycles. The number of ether oxygens (including phenoxy) is 1. The number of aromatic nitrogens is 2. The summed E-state index contributed by atoms with van der Waals surface area (Å²) in [6.45, 7) is 3.83. The average Bonchev–Trinajstić information content (AvgIpc) is 2.84. The van der Waals surface area contributed by atoms with Crippen LogP contribution in [0.1, 0.15) is 12.6 Å². The number of benzene rings is 1. The van der Waals surface area contributed by atoms with Crippen molar-refractivity contribution in [3.05, 3.63) is 36.2 Å². The van der Waals surface area contributed by atoms with Gasteiger partial charge in [0.2, 0.25) is 0 Å². The van der Waals surface area contributed by atoms with Crippen LogP contribution in [0.15, 0.2) is 35.4 Å². The average molecular weight is 333 g/mol. The third-order valence-electron chi connectivity index (χ3n) is 3.14. The lowest BCUT2D eigenvalue weighted by molar-refractivity contribution is 0.370. The Morgan fingerprint density at radius 1 is 1.30 bits per heavy atom. The van der Waals surface area contributed by atoms with Gasteiger partial charge >= 0.3 is 0 Å². The van der Waals surface area contributed by atoms with Gasteiger partial charge in [0.1, 0.15) is 18.2 Å². The van der Waals surface area contributed by atoms with Crippen LogP contribution in [0.4, 0.5) is 5.69 Å². The zero-order valence-electron chi connectivity index (χ0n) is 13.3. The Hall–Kier alpha value is -2.46. The van der Waals surface area contributed by atoms with E-state index in [9.17, 15) is 8.42 Å². The van der Waals surface area contributed by atoms with Gasteiger partial charge in [-0.1, -0.05) is 5.92 Å². The number of sulfone groups is 1. The van der Waals surface area contributed by atoms with Gasteiger partial charge in [0.15, 0.2) is 9.84 Å². The van der Waals surface area contributed by atoms with E-state index < -0.39 is 9.84 Å². The lowest BCUT2D eigenvalue weighted by Crippen LogP contribution is -2.15. The van der Waals surface area contributed by atoms with E-state index in [0.29, 0.717) is 11.4 Å². The highest BCUT2D eigenvalue weighted by Gasteiger charge is 2.15. The fourth-order valence-electron chi connectivity index (χ4n) is 1.96. The molecule has 122 valence electrons.